The van der Waals surface area contributed by atoms with Crippen molar-refractivity contribution in [3.8, 4) is 5.75 Å². The fourth-order valence-corrected chi connectivity index (χ4v) is 4.12. The van der Waals surface area contributed by atoms with E-state index in [1.165, 1.54) is 28.6 Å². The first-order valence-electron chi connectivity index (χ1n) is 9.95. The van der Waals surface area contributed by atoms with Crippen molar-refractivity contribution >= 4 is 33.9 Å². The Hall–Kier alpha value is -3.52. The van der Waals surface area contributed by atoms with Gasteiger partial charge in [-0.25, -0.2) is 4.98 Å². The molecule has 1 N–H and O–H groups in total. The Kier molecular flexibility index (Phi) is 6.08. The number of pyridine rings is 1. The van der Waals surface area contributed by atoms with Gasteiger partial charge in [0.25, 0.3) is 5.78 Å². The number of ether oxygens (including phenoxy) is 1. The zero-order chi connectivity index (χ0) is 21.8. The van der Waals surface area contributed by atoms with Crippen LogP contribution in [0, 0.1) is 0 Å². The molecule has 3 aromatic rings. The molecule has 0 aliphatic carbocycles. The summed E-state index contributed by atoms with van der Waals surface area (Å²) >= 11 is 1.25. The Morgan fingerprint density at radius 3 is 2.71 bits per heavy atom. The highest BCUT2D eigenvalue weighted by Gasteiger charge is 2.48. The van der Waals surface area contributed by atoms with Crippen LogP contribution in [0.1, 0.15) is 36.9 Å². The van der Waals surface area contributed by atoms with E-state index in [1.807, 2.05) is 18.2 Å². The quantitative estimate of drug-likeness (QED) is 0.257. The normalized spacial score (nSPS) is 17.8. The van der Waals surface area contributed by atoms with Gasteiger partial charge in [0, 0.05) is 29.5 Å². The first kappa shape index (κ1) is 20.7. The van der Waals surface area contributed by atoms with Crippen molar-refractivity contribution in [2.45, 2.75) is 25.8 Å². The molecular formula is C23H21N3O4S. The topological polar surface area (TPSA) is 92.6 Å². The molecule has 1 fully saturated rings. The van der Waals surface area contributed by atoms with E-state index < -0.39 is 17.7 Å². The maximum Gasteiger partial charge on any atom is 0.301 e. The van der Waals surface area contributed by atoms with Gasteiger partial charge in [-0.3, -0.25) is 19.5 Å². The number of anilines is 1. The van der Waals surface area contributed by atoms with Gasteiger partial charge in [-0.2, -0.15) is 0 Å². The van der Waals surface area contributed by atoms with Gasteiger partial charge < -0.3 is 9.84 Å². The molecule has 158 valence electrons. The van der Waals surface area contributed by atoms with Gasteiger partial charge in [0.2, 0.25) is 0 Å². The number of aliphatic hydroxyl groups excluding tert-OH is 1. The summed E-state index contributed by atoms with van der Waals surface area (Å²) in [6.45, 7) is 2.66. The van der Waals surface area contributed by atoms with Gasteiger partial charge in [0.15, 0.2) is 5.13 Å². The van der Waals surface area contributed by atoms with E-state index in [9.17, 15) is 14.7 Å². The molecule has 31 heavy (non-hydrogen) atoms. The largest absolute Gasteiger partial charge is 0.507 e. The van der Waals surface area contributed by atoms with Crippen LogP contribution in [0.5, 0.6) is 5.75 Å². The van der Waals surface area contributed by atoms with Gasteiger partial charge >= 0.3 is 5.91 Å². The molecule has 8 heteroatoms. The first-order valence-corrected chi connectivity index (χ1v) is 10.8. The average Bonchev–Trinajstić information content (AvgIpc) is 3.41. The third-order valence-electron chi connectivity index (χ3n) is 4.96. The Balaban J connectivity index is 1.84. The van der Waals surface area contributed by atoms with E-state index in [1.54, 1.807) is 29.8 Å². The summed E-state index contributed by atoms with van der Waals surface area (Å²) in [6.07, 6.45) is 6.54. The second-order valence-corrected chi connectivity index (χ2v) is 7.87. The third kappa shape index (κ3) is 4.06. The van der Waals surface area contributed by atoms with Crippen molar-refractivity contribution in [2.75, 3.05) is 11.5 Å². The number of carbonyl (C=O) groups is 2. The van der Waals surface area contributed by atoms with E-state index >= 15 is 0 Å². The summed E-state index contributed by atoms with van der Waals surface area (Å²) in [6, 6.07) is 9.61. The Bertz CT molecular complexity index is 1110. The number of carbonyl (C=O) groups excluding carboxylic acids is 2. The zero-order valence-electron chi connectivity index (χ0n) is 16.9. The van der Waals surface area contributed by atoms with Crippen LogP contribution in [0.2, 0.25) is 0 Å². The molecule has 2 aromatic heterocycles. The SMILES string of the molecule is CCCCOc1cccc(C2/C(=C(\O)c3ccncc3)C(=O)C(=O)N2c2nccs2)c1. The summed E-state index contributed by atoms with van der Waals surface area (Å²) in [5.74, 6) is -1.10. The van der Waals surface area contributed by atoms with Crippen molar-refractivity contribution in [1.82, 2.24) is 9.97 Å². The van der Waals surface area contributed by atoms with Gasteiger partial charge in [-0.1, -0.05) is 25.5 Å². The van der Waals surface area contributed by atoms with Gasteiger partial charge in [0.1, 0.15) is 11.5 Å². The molecule has 1 aliphatic heterocycles. The Morgan fingerprint density at radius 2 is 2.00 bits per heavy atom. The highest BCUT2D eigenvalue weighted by atomic mass is 32.1. The van der Waals surface area contributed by atoms with Crippen LogP contribution in [-0.2, 0) is 9.59 Å². The van der Waals surface area contributed by atoms with E-state index in [-0.39, 0.29) is 11.3 Å². The van der Waals surface area contributed by atoms with Crippen LogP contribution >= 0.6 is 11.3 Å². The van der Waals surface area contributed by atoms with Crippen molar-refractivity contribution < 1.29 is 19.4 Å². The molecule has 4 rings (SSSR count). The molecule has 0 saturated carbocycles. The van der Waals surface area contributed by atoms with Crippen LogP contribution in [-0.4, -0.2) is 33.4 Å². The summed E-state index contributed by atoms with van der Waals surface area (Å²) in [4.78, 5) is 35.5. The van der Waals surface area contributed by atoms with Gasteiger partial charge in [0.05, 0.1) is 18.2 Å². The second-order valence-electron chi connectivity index (χ2n) is 6.99. The zero-order valence-corrected chi connectivity index (χ0v) is 17.7. The lowest BCUT2D eigenvalue weighted by Crippen LogP contribution is -2.29. The van der Waals surface area contributed by atoms with E-state index in [0.29, 0.717) is 28.6 Å². The van der Waals surface area contributed by atoms with Crippen molar-refractivity contribution in [1.29, 1.82) is 0 Å². The fourth-order valence-electron chi connectivity index (χ4n) is 3.45. The second kappa shape index (κ2) is 9.09. The summed E-state index contributed by atoms with van der Waals surface area (Å²) in [7, 11) is 0. The lowest BCUT2D eigenvalue weighted by molar-refractivity contribution is -0.132. The van der Waals surface area contributed by atoms with Crippen molar-refractivity contribution in [2.24, 2.45) is 0 Å². The number of hydrogen-bond donors (Lipinski definition) is 1. The van der Waals surface area contributed by atoms with Crippen LogP contribution < -0.4 is 9.64 Å². The predicted molar refractivity (Wildman–Crippen MR) is 118 cm³/mol. The van der Waals surface area contributed by atoms with Crippen molar-refractivity contribution in [3.63, 3.8) is 0 Å². The van der Waals surface area contributed by atoms with Crippen LogP contribution in [0.4, 0.5) is 5.13 Å². The molecule has 0 radical (unpaired) electrons. The summed E-state index contributed by atoms with van der Waals surface area (Å²) < 4.78 is 5.82. The predicted octanol–water partition coefficient (Wildman–Crippen LogP) is 4.34. The number of ketones is 1. The maximum absolute atomic E-state index is 13.0. The molecule has 1 atom stereocenters. The monoisotopic (exact) mass is 435 g/mol. The van der Waals surface area contributed by atoms with Gasteiger partial charge in [-0.05, 0) is 36.2 Å². The molecule has 1 amide bonds. The third-order valence-corrected chi connectivity index (χ3v) is 5.73. The highest BCUT2D eigenvalue weighted by Crippen LogP contribution is 2.43. The molecule has 1 unspecified atom stereocenters. The standard InChI is InChI=1S/C23H21N3O4S/c1-2-3-12-30-17-6-4-5-16(14-17)19-18(20(27)15-7-9-24-10-8-15)21(28)22(29)26(19)23-25-11-13-31-23/h4-11,13-14,19,27H,2-3,12H2,1H3/b20-18+. The van der Waals surface area contributed by atoms with Gasteiger partial charge in [-0.15, -0.1) is 11.3 Å². The number of aliphatic hydroxyl groups is 1. The molecule has 3 heterocycles. The van der Waals surface area contributed by atoms with Crippen LogP contribution in [0.25, 0.3) is 5.76 Å². The summed E-state index contributed by atoms with van der Waals surface area (Å²) in [5.41, 5.74) is 1.07. The number of benzene rings is 1. The molecule has 1 saturated heterocycles. The van der Waals surface area contributed by atoms with Crippen molar-refractivity contribution in [3.05, 3.63) is 77.1 Å². The minimum absolute atomic E-state index is 0.0112. The maximum atomic E-state index is 13.0. The van der Waals surface area contributed by atoms with E-state index in [4.69, 9.17) is 4.74 Å². The number of aromatic nitrogens is 2. The minimum atomic E-state index is -0.825. The smallest absolute Gasteiger partial charge is 0.301 e. The molecular weight excluding hydrogens is 414 g/mol. The number of unbranched alkanes of at least 4 members (excludes halogenated alkanes) is 1. The Morgan fingerprint density at radius 1 is 1.19 bits per heavy atom. The van der Waals surface area contributed by atoms with E-state index in [0.717, 1.165) is 12.8 Å². The highest BCUT2D eigenvalue weighted by molar-refractivity contribution is 7.14. The molecule has 0 spiro atoms. The molecule has 1 aliphatic rings. The summed E-state index contributed by atoms with van der Waals surface area (Å²) in [5, 5.41) is 13.1. The average molecular weight is 436 g/mol. The fraction of sp³-hybridized carbons (Fsp3) is 0.217. The number of nitrogens with zero attached hydrogens (tertiary/aromatic N) is 3. The lowest BCUT2D eigenvalue weighted by Gasteiger charge is -2.23. The first-order chi connectivity index (χ1) is 15.1. The number of hydrogen-bond acceptors (Lipinski definition) is 7. The lowest BCUT2D eigenvalue weighted by atomic mass is 9.95. The van der Waals surface area contributed by atoms with Crippen LogP contribution in [0.3, 0.4) is 0 Å². The Labute approximate surface area is 183 Å². The number of rotatable bonds is 7. The van der Waals surface area contributed by atoms with Crippen LogP contribution in [0.15, 0.2) is 65.9 Å². The molecule has 0 bridgehead atoms. The number of thiazole rings is 1. The number of amides is 1. The molecule has 1 aromatic carbocycles. The molecule has 7 nitrogen and oxygen atoms in total. The van der Waals surface area contributed by atoms with E-state index in [2.05, 4.69) is 16.9 Å². The number of Topliss-reactive ketones (excluding diaryl/α,β-unsaturated/α-hetero) is 1. The minimum Gasteiger partial charge on any atom is -0.507 e.